The van der Waals surface area contributed by atoms with Crippen molar-refractivity contribution in [3.63, 3.8) is 0 Å². The van der Waals surface area contributed by atoms with Crippen LogP contribution in [0.5, 0.6) is 0 Å². The second-order valence-electron chi connectivity index (χ2n) is 2.08. The van der Waals surface area contributed by atoms with Crippen LogP contribution < -0.4 is 0 Å². The van der Waals surface area contributed by atoms with Crippen molar-refractivity contribution >= 4 is 102 Å². The Labute approximate surface area is 131 Å². The van der Waals surface area contributed by atoms with Crippen molar-refractivity contribution in [2.75, 3.05) is 0 Å². The molecule has 0 aliphatic rings. The van der Waals surface area contributed by atoms with Gasteiger partial charge in [0.15, 0.2) is 0 Å². The van der Waals surface area contributed by atoms with Crippen molar-refractivity contribution < 1.29 is 0 Å². The third-order valence-electron chi connectivity index (χ3n) is 1.34. The molecule has 0 radical (unpaired) electrons. The van der Waals surface area contributed by atoms with E-state index in [1.165, 1.54) is 19.8 Å². The molecule has 0 aromatic heterocycles. The Morgan fingerprint density at radius 1 is 1.00 bits per heavy atom. The topological polar surface area (TPSA) is 0 Å². The van der Waals surface area contributed by atoms with E-state index in [9.17, 15) is 0 Å². The first kappa shape index (κ1) is 12.5. The van der Waals surface area contributed by atoms with Gasteiger partial charge in [-0.05, 0) is 102 Å². The van der Waals surface area contributed by atoms with Crippen LogP contribution >= 0.6 is 102 Å². The van der Waals surface area contributed by atoms with Crippen LogP contribution in [-0.4, -0.2) is 0 Å². The highest BCUT2D eigenvalue weighted by molar-refractivity contribution is 14.1. The number of benzene rings is 1. The zero-order valence-corrected chi connectivity index (χ0v) is 15.1. The van der Waals surface area contributed by atoms with E-state index in [2.05, 4.69) is 96.4 Å². The summed E-state index contributed by atoms with van der Waals surface area (Å²) in [6, 6.07) is 2.17. The first-order valence-electron chi connectivity index (χ1n) is 2.95. The van der Waals surface area contributed by atoms with Crippen molar-refractivity contribution in [3.8, 4) is 0 Å². The van der Waals surface area contributed by atoms with Gasteiger partial charge < -0.3 is 0 Å². The van der Waals surface area contributed by atoms with E-state index in [1.54, 1.807) is 0 Å². The number of hydrogen-bond donors (Lipinski definition) is 0. The summed E-state index contributed by atoms with van der Waals surface area (Å²) in [4.78, 5) is 0. The van der Waals surface area contributed by atoms with Crippen molar-refractivity contribution in [2.45, 2.75) is 5.88 Å². The average molecular weight is 630 g/mol. The molecule has 66 valence electrons. The second-order valence-corrected chi connectivity index (χ2v) is 6.83. The molecule has 0 aliphatic carbocycles. The van der Waals surface area contributed by atoms with Crippen LogP contribution in [0.25, 0.3) is 0 Å². The summed E-state index contributed by atoms with van der Waals surface area (Å²) in [7, 11) is 0. The standard InChI is InChI=1S/C7H3ClI4/c8-2-3-4(9)1-5(10)7(12)6(3)11/h1H,2H2. The lowest BCUT2D eigenvalue weighted by Gasteiger charge is -2.07. The highest BCUT2D eigenvalue weighted by atomic mass is 127. The first-order valence-corrected chi connectivity index (χ1v) is 7.80. The first-order chi connectivity index (χ1) is 5.57. The van der Waals surface area contributed by atoms with E-state index in [4.69, 9.17) is 11.6 Å². The fourth-order valence-corrected chi connectivity index (χ4v) is 5.69. The van der Waals surface area contributed by atoms with E-state index in [1.807, 2.05) is 0 Å². The lowest BCUT2D eigenvalue weighted by molar-refractivity contribution is 1.30. The second kappa shape index (κ2) is 5.50. The van der Waals surface area contributed by atoms with Gasteiger partial charge in [-0.3, -0.25) is 0 Å². The van der Waals surface area contributed by atoms with Crippen molar-refractivity contribution in [1.29, 1.82) is 0 Å². The zero-order valence-electron chi connectivity index (χ0n) is 5.67. The predicted molar refractivity (Wildman–Crippen MR) is 86.9 cm³/mol. The van der Waals surface area contributed by atoms with E-state index in [0.717, 1.165) is 0 Å². The third kappa shape index (κ3) is 2.72. The molecule has 0 saturated carbocycles. The molecule has 0 atom stereocenters. The molecule has 0 amide bonds. The molecular weight excluding hydrogens is 627 g/mol. The predicted octanol–water partition coefficient (Wildman–Crippen LogP) is 4.84. The third-order valence-corrected chi connectivity index (χ3v) is 7.80. The maximum Gasteiger partial charge on any atom is 0.0495 e. The van der Waals surface area contributed by atoms with Gasteiger partial charge >= 0.3 is 0 Å². The smallest absolute Gasteiger partial charge is 0.0495 e. The average Bonchev–Trinajstić information content (AvgIpc) is 2.01. The Balaban J connectivity index is 3.40. The molecule has 0 nitrogen and oxygen atoms in total. The lowest BCUT2D eigenvalue weighted by atomic mass is 10.2. The van der Waals surface area contributed by atoms with Crippen LogP contribution in [0.3, 0.4) is 0 Å². The van der Waals surface area contributed by atoms with E-state index in [-0.39, 0.29) is 0 Å². The SMILES string of the molecule is ClCc1c(I)cc(I)c(I)c1I. The van der Waals surface area contributed by atoms with Crippen LogP contribution in [0.15, 0.2) is 6.07 Å². The van der Waals surface area contributed by atoms with Crippen LogP contribution in [0.2, 0.25) is 0 Å². The fraction of sp³-hybridized carbons (Fsp3) is 0.143. The lowest BCUT2D eigenvalue weighted by Crippen LogP contribution is -1.96. The maximum atomic E-state index is 5.85. The van der Waals surface area contributed by atoms with Crippen molar-refractivity contribution in [2.24, 2.45) is 0 Å². The molecular formula is C7H3ClI4. The summed E-state index contributed by atoms with van der Waals surface area (Å²) in [6.07, 6.45) is 0. The van der Waals surface area contributed by atoms with E-state index >= 15 is 0 Å². The van der Waals surface area contributed by atoms with Gasteiger partial charge in [-0.2, -0.15) is 0 Å². The van der Waals surface area contributed by atoms with Crippen molar-refractivity contribution in [1.82, 2.24) is 0 Å². The zero-order chi connectivity index (χ0) is 9.30. The van der Waals surface area contributed by atoms with Crippen LogP contribution in [0, 0.1) is 14.3 Å². The Morgan fingerprint density at radius 2 is 1.58 bits per heavy atom. The minimum Gasteiger partial charge on any atom is -0.121 e. The molecule has 0 aliphatic heterocycles. The summed E-state index contributed by atoms with van der Waals surface area (Å²) in [6.45, 7) is 0. The largest absolute Gasteiger partial charge is 0.121 e. The summed E-state index contributed by atoms with van der Waals surface area (Å²) in [5.74, 6) is 0.601. The highest BCUT2D eigenvalue weighted by Gasteiger charge is 2.10. The normalized spacial score (nSPS) is 10.4. The molecule has 0 spiro atoms. The van der Waals surface area contributed by atoms with Gasteiger partial charge in [-0.15, -0.1) is 11.6 Å². The quantitative estimate of drug-likeness (QED) is 0.181. The van der Waals surface area contributed by atoms with Gasteiger partial charge in [0, 0.05) is 20.2 Å². The van der Waals surface area contributed by atoms with Gasteiger partial charge in [0.1, 0.15) is 0 Å². The molecule has 0 fully saturated rings. The summed E-state index contributed by atoms with van der Waals surface area (Å²) in [5.41, 5.74) is 1.25. The Kier molecular flexibility index (Phi) is 5.73. The van der Waals surface area contributed by atoms with Crippen LogP contribution in [0.1, 0.15) is 5.56 Å². The summed E-state index contributed by atoms with van der Waals surface area (Å²) in [5, 5.41) is 0. The number of rotatable bonds is 1. The molecule has 0 heterocycles. The minimum atomic E-state index is 0.601. The minimum absolute atomic E-state index is 0.601. The monoisotopic (exact) mass is 630 g/mol. The summed E-state index contributed by atoms with van der Waals surface area (Å²) >= 11 is 15.2. The Hall–Kier alpha value is 2.43. The molecule has 0 bridgehead atoms. The molecule has 1 aromatic rings. The van der Waals surface area contributed by atoms with E-state index in [0.29, 0.717) is 5.88 Å². The number of halogens is 5. The van der Waals surface area contributed by atoms with Gasteiger partial charge in [0.05, 0.1) is 0 Å². The van der Waals surface area contributed by atoms with Gasteiger partial charge in [0.2, 0.25) is 0 Å². The fourth-order valence-electron chi connectivity index (χ4n) is 0.726. The highest BCUT2D eigenvalue weighted by Crippen LogP contribution is 2.29. The maximum absolute atomic E-state index is 5.85. The number of alkyl halides is 1. The van der Waals surface area contributed by atoms with Crippen molar-refractivity contribution in [3.05, 3.63) is 25.9 Å². The molecule has 5 heteroatoms. The van der Waals surface area contributed by atoms with E-state index < -0.39 is 0 Å². The Morgan fingerprint density at radius 3 is 2.08 bits per heavy atom. The van der Waals surface area contributed by atoms with Gasteiger partial charge in [0.25, 0.3) is 0 Å². The molecule has 1 rings (SSSR count). The molecule has 1 aromatic carbocycles. The van der Waals surface area contributed by atoms with Gasteiger partial charge in [-0.25, -0.2) is 0 Å². The molecule has 0 N–H and O–H groups in total. The van der Waals surface area contributed by atoms with Gasteiger partial charge in [-0.1, -0.05) is 0 Å². The Bertz CT molecular complexity index is 311. The summed E-state index contributed by atoms with van der Waals surface area (Å²) < 4.78 is 5.16. The molecule has 0 saturated heterocycles. The molecule has 0 unspecified atom stereocenters. The van der Waals surface area contributed by atoms with Crippen LogP contribution in [-0.2, 0) is 5.88 Å². The molecule has 12 heavy (non-hydrogen) atoms. The number of hydrogen-bond acceptors (Lipinski definition) is 0. The van der Waals surface area contributed by atoms with Crippen LogP contribution in [0.4, 0.5) is 0 Å².